The van der Waals surface area contributed by atoms with Crippen molar-refractivity contribution in [1.82, 2.24) is 10.2 Å². The summed E-state index contributed by atoms with van der Waals surface area (Å²) < 4.78 is 4.58. The van der Waals surface area contributed by atoms with Gasteiger partial charge < -0.3 is 10.1 Å². The van der Waals surface area contributed by atoms with Crippen LogP contribution in [-0.2, 0) is 4.74 Å². The van der Waals surface area contributed by atoms with Gasteiger partial charge in [0.15, 0.2) is 5.69 Å². The Hall–Kier alpha value is -2.63. The van der Waals surface area contributed by atoms with E-state index >= 15 is 0 Å². The summed E-state index contributed by atoms with van der Waals surface area (Å²) in [6.07, 6.45) is 1.36. The van der Waals surface area contributed by atoms with Crippen LogP contribution in [0.5, 0.6) is 0 Å². The number of nitrogens with zero attached hydrogens (tertiary/aromatic N) is 1. The average Bonchev–Trinajstić information content (AvgIpc) is 2.86. The number of ether oxygens (including phenoxy) is 1. The summed E-state index contributed by atoms with van der Waals surface area (Å²) in [6, 6.07) is 7.18. The van der Waals surface area contributed by atoms with Gasteiger partial charge in [0.25, 0.3) is 5.91 Å². The van der Waals surface area contributed by atoms with Crippen LogP contribution in [0.15, 0.2) is 30.5 Å². The zero-order valence-electron chi connectivity index (χ0n) is 10.6. The van der Waals surface area contributed by atoms with Crippen LogP contribution in [0, 0.1) is 6.92 Å². The highest BCUT2D eigenvalue weighted by Crippen LogP contribution is 2.15. The van der Waals surface area contributed by atoms with Crippen molar-refractivity contribution in [2.45, 2.75) is 6.92 Å². The summed E-state index contributed by atoms with van der Waals surface area (Å²) in [6.45, 7) is 1.84. The topological polar surface area (TPSA) is 84.1 Å². The van der Waals surface area contributed by atoms with Crippen molar-refractivity contribution in [3.63, 3.8) is 0 Å². The van der Waals surface area contributed by atoms with Gasteiger partial charge in [0.05, 0.1) is 19.0 Å². The number of esters is 1. The SMILES string of the molecule is COC(=O)c1[nH]ncc1NC(=O)c1ccccc1C. The lowest BCUT2D eigenvalue weighted by Gasteiger charge is -2.06. The molecule has 1 amide bonds. The number of H-pyrrole nitrogens is 1. The summed E-state index contributed by atoms with van der Waals surface area (Å²) in [5, 5.41) is 8.84. The lowest BCUT2D eigenvalue weighted by Crippen LogP contribution is -2.15. The molecule has 19 heavy (non-hydrogen) atoms. The summed E-state index contributed by atoms with van der Waals surface area (Å²) in [5.74, 6) is -0.887. The molecule has 1 heterocycles. The van der Waals surface area contributed by atoms with Gasteiger partial charge >= 0.3 is 5.97 Å². The van der Waals surface area contributed by atoms with Crippen molar-refractivity contribution >= 4 is 17.6 Å². The summed E-state index contributed by atoms with van der Waals surface area (Å²) in [4.78, 5) is 23.5. The molecule has 0 aliphatic heterocycles. The average molecular weight is 259 g/mol. The van der Waals surface area contributed by atoms with E-state index in [0.29, 0.717) is 11.3 Å². The van der Waals surface area contributed by atoms with Crippen LogP contribution in [0.4, 0.5) is 5.69 Å². The second kappa shape index (κ2) is 5.34. The maximum Gasteiger partial charge on any atom is 0.358 e. The zero-order valence-corrected chi connectivity index (χ0v) is 10.6. The van der Waals surface area contributed by atoms with Crippen molar-refractivity contribution in [2.75, 3.05) is 12.4 Å². The number of benzene rings is 1. The maximum atomic E-state index is 12.1. The van der Waals surface area contributed by atoms with Crippen molar-refractivity contribution in [3.8, 4) is 0 Å². The Morgan fingerprint density at radius 3 is 2.74 bits per heavy atom. The molecule has 0 bridgehead atoms. The van der Waals surface area contributed by atoms with E-state index < -0.39 is 5.97 Å². The van der Waals surface area contributed by atoms with Gasteiger partial charge in [-0.05, 0) is 18.6 Å². The molecule has 6 nitrogen and oxygen atoms in total. The molecule has 0 atom stereocenters. The molecule has 6 heteroatoms. The minimum atomic E-state index is -0.586. The molecule has 2 N–H and O–H groups in total. The smallest absolute Gasteiger partial charge is 0.358 e. The van der Waals surface area contributed by atoms with E-state index in [1.54, 1.807) is 12.1 Å². The summed E-state index contributed by atoms with van der Waals surface area (Å²) >= 11 is 0. The molecule has 1 aromatic heterocycles. The van der Waals surface area contributed by atoms with Gasteiger partial charge in [-0.15, -0.1) is 0 Å². The Morgan fingerprint density at radius 2 is 2.05 bits per heavy atom. The lowest BCUT2D eigenvalue weighted by atomic mass is 10.1. The molecular weight excluding hydrogens is 246 g/mol. The number of aromatic nitrogens is 2. The molecule has 0 spiro atoms. The normalized spacial score (nSPS) is 10.0. The lowest BCUT2D eigenvalue weighted by molar-refractivity contribution is 0.0595. The van der Waals surface area contributed by atoms with Crippen LogP contribution in [0.1, 0.15) is 26.4 Å². The van der Waals surface area contributed by atoms with E-state index in [1.165, 1.54) is 13.3 Å². The predicted octanol–water partition coefficient (Wildman–Crippen LogP) is 1.76. The van der Waals surface area contributed by atoms with Crippen molar-refractivity contribution < 1.29 is 14.3 Å². The molecule has 0 aliphatic rings. The Morgan fingerprint density at radius 1 is 1.32 bits per heavy atom. The van der Waals surface area contributed by atoms with Gasteiger partial charge in [-0.1, -0.05) is 18.2 Å². The standard InChI is InChI=1S/C13H13N3O3/c1-8-5-3-4-6-9(8)12(17)15-10-7-14-16-11(10)13(18)19-2/h3-7H,1-2H3,(H,14,16)(H,15,17). The van der Waals surface area contributed by atoms with E-state index in [-0.39, 0.29) is 11.6 Å². The first-order valence-corrected chi connectivity index (χ1v) is 5.62. The Balaban J connectivity index is 2.23. The van der Waals surface area contributed by atoms with Gasteiger partial charge in [-0.3, -0.25) is 9.89 Å². The molecule has 0 saturated carbocycles. The molecule has 2 aromatic rings. The highest BCUT2D eigenvalue weighted by atomic mass is 16.5. The van der Waals surface area contributed by atoms with Crippen LogP contribution >= 0.6 is 0 Å². The summed E-state index contributed by atoms with van der Waals surface area (Å²) in [7, 11) is 1.26. The quantitative estimate of drug-likeness (QED) is 0.822. The van der Waals surface area contributed by atoms with Gasteiger partial charge in [0.2, 0.25) is 0 Å². The highest BCUT2D eigenvalue weighted by molar-refractivity contribution is 6.08. The number of methoxy groups -OCH3 is 1. The summed E-state index contributed by atoms with van der Waals surface area (Å²) in [5.41, 5.74) is 1.80. The maximum absolute atomic E-state index is 12.1. The molecule has 1 aromatic carbocycles. The van der Waals surface area contributed by atoms with Gasteiger partial charge in [-0.2, -0.15) is 5.10 Å². The fourth-order valence-corrected chi connectivity index (χ4v) is 1.66. The number of carbonyl (C=O) groups is 2. The molecule has 0 saturated heterocycles. The van der Waals surface area contributed by atoms with Crippen LogP contribution in [0.3, 0.4) is 0 Å². The van der Waals surface area contributed by atoms with Crippen LogP contribution < -0.4 is 5.32 Å². The number of carbonyl (C=O) groups excluding carboxylic acids is 2. The molecule has 0 fully saturated rings. The van der Waals surface area contributed by atoms with Gasteiger partial charge in [-0.25, -0.2) is 4.79 Å². The van der Waals surface area contributed by atoms with Gasteiger partial charge in [0.1, 0.15) is 0 Å². The van der Waals surface area contributed by atoms with Crippen LogP contribution in [-0.4, -0.2) is 29.2 Å². The number of hydrogen-bond acceptors (Lipinski definition) is 4. The first-order valence-electron chi connectivity index (χ1n) is 5.62. The fourth-order valence-electron chi connectivity index (χ4n) is 1.66. The van der Waals surface area contributed by atoms with Crippen molar-refractivity contribution in [3.05, 3.63) is 47.3 Å². The minimum absolute atomic E-state index is 0.115. The molecular formula is C13H13N3O3. The van der Waals surface area contributed by atoms with E-state index in [2.05, 4.69) is 20.3 Å². The molecule has 98 valence electrons. The Bertz CT molecular complexity index is 619. The number of rotatable bonds is 3. The van der Waals surface area contributed by atoms with E-state index in [0.717, 1.165) is 5.56 Å². The minimum Gasteiger partial charge on any atom is -0.464 e. The van der Waals surface area contributed by atoms with E-state index in [4.69, 9.17) is 0 Å². The number of hydrogen-bond donors (Lipinski definition) is 2. The number of amides is 1. The third-order valence-electron chi connectivity index (χ3n) is 2.67. The zero-order chi connectivity index (χ0) is 13.8. The molecule has 0 aliphatic carbocycles. The number of anilines is 1. The molecule has 2 rings (SSSR count). The first-order chi connectivity index (χ1) is 9.13. The number of aromatic amines is 1. The third-order valence-corrected chi connectivity index (χ3v) is 2.67. The first kappa shape index (κ1) is 12.8. The van der Waals surface area contributed by atoms with Crippen LogP contribution in [0.25, 0.3) is 0 Å². The predicted molar refractivity (Wildman–Crippen MR) is 69.1 cm³/mol. The largest absolute Gasteiger partial charge is 0.464 e. The second-order valence-corrected chi connectivity index (χ2v) is 3.92. The van der Waals surface area contributed by atoms with Crippen molar-refractivity contribution in [2.24, 2.45) is 0 Å². The Labute approximate surface area is 109 Å². The third kappa shape index (κ3) is 2.62. The van der Waals surface area contributed by atoms with E-state index in [1.807, 2.05) is 19.1 Å². The van der Waals surface area contributed by atoms with Gasteiger partial charge in [0, 0.05) is 5.56 Å². The Kier molecular flexibility index (Phi) is 3.61. The van der Waals surface area contributed by atoms with Crippen molar-refractivity contribution in [1.29, 1.82) is 0 Å². The highest BCUT2D eigenvalue weighted by Gasteiger charge is 2.17. The number of nitrogens with one attached hydrogen (secondary N) is 2. The fraction of sp³-hybridized carbons (Fsp3) is 0.154. The monoisotopic (exact) mass is 259 g/mol. The van der Waals surface area contributed by atoms with Crippen LogP contribution in [0.2, 0.25) is 0 Å². The second-order valence-electron chi connectivity index (χ2n) is 3.92. The number of aryl methyl sites for hydroxylation is 1. The molecule has 0 unspecified atom stereocenters. The molecule has 0 radical (unpaired) electrons. The van der Waals surface area contributed by atoms with E-state index in [9.17, 15) is 9.59 Å².